The molecule has 1 N–H and O–H groups in total. The van der Waals surface area contributed by atoms with Crippen LogP contribution in [-0.2, 0) is 11.3 Å². The van der Waals surface area contributed by atoms with E-state index in [1.165, 1.54) is 47.5 Å². The van der Waals surface area contributed by atoms with Crippen LogP contribution in [0.15, 0.2) is 16.9 Å². The molecule has 9 nitrogen and oxygen atoms in total. The number of ether oxygens (including phenoxy) is 4. The van der Waals surface area contributed by atoms with E-state index in [2.05, 4.69) is 0 Å². The Kier molecular flexibility index (Phi) is 6.85. The van der Waals surface area contributed by atoms with Crippen molar-refractivity contribution < 1.29 is 28.8 Å². The summed E-state index contributed by atoms with van der Waals surface area (Å²) in [6.45, 7) is 1.52. The molecule has 0 aliphatic rings. The molecule has 9 heteroatoms. The Bertz CT molecular complexity index is 1010. The summed E-state index contributed by atoms with van der Waals surface area (Å²) < 4.78 is 21.7. The van der Waals surface area contributed by atoms with Crippen LogP contribution in [0.4, 0.5) is 0 Å². The lowest BCUT2D eigenvalue weighted by molar-refractivity contribution is 0.103. The lowest BCUT2D eigenvalue weighted by Crippen LogP contribution is -2.28. The summed E-state index contributed by atoms with van der Waals surface area (Å²) in [5.41, 5.74) is -0.872. The first-order valence-electron chi connectivity index (χ1n) is 8.56. The van der Waals surface area contributed by atoms with E-state index >= 15 is 0 Å². The second kappa shape index (κ2) is 9.12. The Morgan fingerprint density at radius 3 is 2.17 bits per heavy atom. The molecule has 1 aromatic carbocycles. The molecule has 0 bridgehead atoms. The third kappa shape index (κ3) is 3.88. The molecule has 0 radical (unpaired) electrons. The van der Waals surface area contributed by atoms with E-state index in [-0.39, 0.29) is 46.9 Å². The van der Waals surface area contributed by atoms with Crippen molar-refractivity contribution in [2.45, 2.75) is 13.5 Å². The molecule has 0 spiro atoms. The smallest absolute Gasteiger partial charge is 0.271 e. The van der Waals surface area contributed by atoms with E-state index in [9.17, 15) is 20.0 Å². The molecule has 2 aromatic rings. The lowest BCUT2D eigenvalue weighted by Gasteiger charge is -2.17. The van der Waals surface area contributed by atoms with Gasteiger partial charge in [0.2, 0.25) is 11.6 Å². The van der Waals surface area contributed by atoms with Crippen LogP contribution in [0.25, 0.3) is 0 Å². The van der Waals surface area contributed by atoms with Gasteiger partial charge in [0.25, 0.3) is 5.56 Å². The Hall–Kier alpha value is -3.51. The fourth-order valence-corrected chi connectivity index (χ4v) is 2.97. The Balaban J connectivity index is 2.76. The summed E-state index contributed by atoms with van der Waals surface area (Å²) in [5, 5.41) is 20.1. The number of aromatic hydroxyl groups is 1. The average molecular weight is 402 g/mol. The molecule has 1 aromatic heterocycles. The van der Waals surface area contributed by atoms with Crippen LogP contribution >= 0.6 is 0 Å². The van der Waals surface area contributed by atoms with Crippen molar-refractivity contribution in [2.24, 2.45) is 0 Å². The van der Waals surface area contributed by atoms with Crippen LogP contribution in [0.2, 0.25) is 0 Å². The molecule has 0 amide bonds. The average Bonchev–Trinajstić information content (AvgIpc) is 2.72. The van der Waals surface area contributed by atoms with Crippen molar-refractivity contribution in [1.29, 1.82) is 5.26 Å². The standard InChI is InChI=1S/C20H22N2O7/c1-11-13(10-21)19(24)22(6-7-26-2)20(25)16(11)17(23)12-8-14(27-3)18(29-5)15(9-12)28-4/h8-9,25H,6-7H2,1-5H3. The van der Waals surface area contributed by atoms with Crippen molar-refractivity contribution in [3.63, 3.8) is 0 Å². The van der Waals surface area contributed by atoms with E-state index in [4.69, 9.17) is 18.9 Å². The van der Waals surface area contributed by atoms with Gasteiger partial charge in [-0.25, -0.2) is 0 Å². The molecule has 0 fully saturated rings. The monoisotopic (exact) mass is 402 g/mol. The number of nitrogens with zero attached hydrogens (tertiary/aromatic N) is 2. The maximum absolute atomic E-state index is 13.3. The van der Waals surface area contributed by atoms with Crippen molar-refractivity contribution >= 4 is 5.78 Å². The van der Waals surface area contributed by atoms with Gasteiger partial charge in [-0.1, -0.05) is 0 Å². The zero-order chi connectivity index (χ0) is 21.7. The van der Waals surface area contributed by atoms with E-state index < -0.39 is 17.2 Å². The van der Waals surface area contributed by atoms with Crippen LogP contribution in [0.1, 0.15) is 27.0 Å². The van der Waals surface area contributed by atoms with Gasteiger partial charge >= 0.3 is 0 Å². The molecule has 154 valence electrons. The minimum absolute atomic E-state index is 0.0222. The quantitative estimate of drug-likeness (QED) is 0.662. The van der Waals surface area contributed by atoms with E-state index in [0.29, 0.717) is 5.75 Å². The molecule has 29 heavy (non-hydrogen) atoms. The van der Waals surface area contributed by atoms with Crippen molar-refractivity contribution in [3.05, 3.63) is 44.7 Å². The summed E-state index contributed by atoms with van der Waals surface area (Å²) in [4.78, 5) is 25.8. The molecule has 0 atom stereocenters. The van der Waals surface area contributed by atoms with Crippen LogP contribution in [-0.4, -0.2) is 50.5 Å². The molecule has 0 aliphatic heterocycles. The molecule has 1 heterocycles. The van der Waals surface area contributed by atoms with Crippen molar-refractivity contribution in [3.8, 4) is 29.2 Å². The van der Waals surface area contributed by atoms with Crippen LogP contribution < -0.4 is 19.8 Å². The third-order valence-electron chi connectivity index (χ3n) is 4.47. The number of methoxy groups -OCH3 is 4. The lowest BCUT2D eigenvalue weighted by atomic mass is 9.96. The van der Waals surface area contributed by atoms with Gasteiger partial charge in [-0.3, -0.25) is 14.2 Å². The fourth-order valence-electron chi connectivity index (χ4n) is 2.97. The van der Waals surface area contributed by atoms with Gasteiger partial charge in [0.15, 0.2) is 17.3 Å². The second-order valence-corrected chi connectivity index (χ2v) is 6.00. The summed E-state index contributed by atoms with van der Waals surface area (Å²) in [6.07, 6.45) is 0. The number of aromatic nitrogens is 1. The number of benzene rings is 1. The van der Waals surface area contributed by atoms with Gasteiger partial charge in [0.1, 0.15) is 11.6 Å². The molecule has 0 unspecified atom stereocenters. The van der Waals surface area contributed by atoms with Gasteiger partial charge in [-0.2, -0.15) is 5.26 Å². The first-order chi connectivity index (χ1) is 13.9. The Morgan fingerprint density at radius 1 is 1.14 bits per heavy atom. The Morgan fingerprint density at radius 2 is 1.72 bits per heavy atom. The molecule has 0 saturated carbocycles. The number of carbonyl (C=O) groups excluding carboxylic acids is 1. The highest BCUT2D eigenvalue weighted by atomic mass is 16.5. The van der Waals surface area contributed by atoms with E-state index in [1.54, 1.807) is 0 Å². The Labute approximate surface area is 167 Å². The van der Waals surface area contributed by atoms with E-state index in [1.807, 2.05) is 6.07 Å². The van der Waals surface area contributed by atoms with Crippen LogP contribution in [0, 0.1) is 18.3 Å². The first-order valence-corrected chi connectivity index (χ1v) is 8.56. The van der Waals surface area contributed by atoms with E-state index in [0.717, 1.165) is 4.57 Å². The predicted molar refractivity (Wildman–Crippen MR) is 103 cm³/mol. The summed E-state index contributed by atoms with van der Waals surface area (Å²) in [6, 6.07) is 4.67. The second-order valence-electron chi connectivity index (χ2n) is 6.00. The summed E-state index contributed by atoms with van der Waals surface area (Å²) in [5.74, 6) is -0.347. The van der Waals surface area contributed by atoms with Gasteiger partial charge in [-0.05, 0) is 24.6 Å². The predicted octanol–water partition coefficient (Wildman–Crippen LogP) is 1.64. The van der Waals surface area contributed by atoms with Crippen LogP contribution in [0.3, 0.4) is 0 Å². The van der Waals surface area contributed by atoms with Gasteiger partial charge < -0.3 is 24.1 Å². The summed E-state index contributed by atoms with van der Waals surface area (Å²) in [7, 11) is 5.69. The normalized spacial score (nSPS) is 10.3. The number of hydrogen-bond acceptors (Lipinski definition) is 8. The topological polar surface area (TPSA) is 120 Å². The highest BCUT2D eigenvalue weighted by Crippen LogP contribution is 2.39. The number of hydrogen-bond donors (Lipinski definition) is 1. The summed E-state index contributed by atoms with van der Waals surface area (Å²) >= 11 is 0. The minimum atomic E-state index is -0.694. The van der Waals surface area contributed by atoms with Gasteiger partial charge in [0, 0.05) is 12.7 Å². The zero-order valence-corrected chi connectivity index (χ0v) is 16.9. The zero-order valence-electron chi connectivity index (χ0n) is 16.9. The first kappa shape index (κ1) is 21.8. The molecule has 0 aliphatic carbocycles. The molecule has 2 rings (SSSR count). The maximum atomic E-state index is 13.3. The van der Waals surface area contributed by atoms with Gasteiger partial charge in [-0.15, -0.1) is 0 Å². The van der Waals surface area contributed by atoms with Gasteiger partial charge in [0.05, 0.1) is 40.0 Å². The number of rotatable bonds is 8. The number of ketones is 1. The highest BCUT2D eigenvalue weighted by molar-refractivity contribution is 6.12. The highest BCUT2D eigenvalue weighted by Gasteiger charge is 2.26. The largest absolute Gasteiger partial charge is 0.494 e. The molecular weight excluding hydrogens is 380 g/mol. The number of pyridine rings is 1. The van der Waals surface area contributed by atoms with Crippen LogP contribution in [0.5, 0.6) is 23.1 Å². The number of carbonyl (C=O) groups is 1. The van der Waals surface area contributed by atoms with Crippen molar-refractivity contribution in [2.75, 3.05) is 35.0 Å². The van der Waals surface area contributed by atoms with Crippen molar-refractivity contribution in [1.82, 2.24) is 4.57 Å². The third-order valence-corrected chi connectivity index (χ3v) is 4.47. The minimum Gasteiger partial charge on any atom is -0.494 e. The maximum Gasteiger partial charge on any atom is 0.271 e. The molecular formula is C20H22N2O7. The number of nitriles is 1. The SMILES string of the molecule is COCCn1c(O)c(C(=O)c2cc(OC)c(OC)c(OC)c2)c(C)c(C#N)c1=O. The fraction of sp³-hybridized carbons (Fsp3) is 0.350. The molecule has 0 saturated heterocycles.